The van der Waals surface area contributed by atoms with Crippen LogP contribution in [0.5, 0.6) is 0 Å². The maximum atomic E-state index is 10.7. The highest BCUT2D eigenvalue weighted by Gasteiger charge is 2.22. The van der Waals surface area contributed by atoms with Crippen molar-refractivity contribution >= 4 is 23.9 Å². The Morgan fingerprint density at radius 2 is 1.19 bits per heavy atom. The Morgan fingerprint density at radius 3 is 1.38 bits per heavy atom. The number of benzene rings is 1. The van der Waals surface area contributed by atoms with Gasteiger partial charge < -0.3 is 20.4 Å². The summed E-state index contributed by atoms with van der Waals surface area (Å²) in [5.74, 6) is -5.47. The summed E-state index contributed by atoms with van der Waals surface area (Å²) in [6.45, 7) is 4.60. The van der Waals surface area contributed by atoms with Crippen LogP contribution in [0.2, 0.25) is 0 Å². The van der Waals surface area contributed by atoms with E-state index in [0.29, 0.717) is 0 Å². The molecule has 0 aliphatic heterocycles. The molecular formula is C13H12O8. The Hall–Kier alpha value is -3.16. The van der Waals surface area contributed by atoms with Crippen molar-refractivity contribution in [3.63, 3.8) is 0 Å². The van der Waals surface area contributed by atoms with Crippen molar-refractivity contribution in [3.8, 4) is 0 Å². The third-order valence-electron chi connectivity index (χ3n) is 2.10. The highest BCUT2D eigenvalue weighted by molar-refractivity contribution is 6.09. The van der Waals surface area contributed by atoms with Crippen molar-refractivity contribution in [1.29, 1.82) is 0 Å². The van der Waals surface area contributed by atoms with Crippen LogP contribution in [0.3, 0.4) is 0 Å². The third-order valence-corrected chi connectivity index (χ3v) is 2.10. The molecule has 0 fully saturated rings. The van der Waals surface area contributed by atoms with E-state index in [9.17, 15) is 19.2 Å². The zero-order valence-electron chi connectivity index (χ0n) is 10.9. The first-order valence-corrected chi connectivity index (χ1v) is 5.31. The Balaban J connectivity index is 0.000000567. The van der Waals surface area contributed by atoms with E-state index in [1.807, 2.05) is 0 Å². The summed E-state index contributed by atoms with van der Waals surface area (Å²) in [5, 5.41) is 33.9. The average molecular weight is 296 g/mol. The molecule has 0 spiro atoms. The molecule has 112 valence electrons. The van der Waals surface area contributed by atoms with Crippen LogP contribution in [0.25, 0.3) is 0 Å². The minimum atomic E-state index is -1.58. The molecule has 0 amide bonds. The molecule has 0 aliphatic carbocycles. The van der Waals surface area contributed by atoms with Gasteiger partial charge in [0, 0.05) is 5.57 Å². The van der Waals surface area contributed by atoms with Crippen LogP contribution in [0.15, 0.2) is 30.4 Å². The Bertz CT molecular complexity index is 570. The van der Waals surface area contributed by atoms with Crippen LogP contribution in [-0.2, 0) is 4.79 Å². The third kappa shape index (κ3) is 5.15. The maximum absolute atomic E-state index is 10.7. The summed E-state index contributed by atoms with van der Waals surface area (Å²) in [6, 6.07) is 3.26. The number of hydrogen-bond acceptors (Lipinski definition) is 4. The second-order valence-electron chi connectivity index (χ2n) is 3.73. The predicted molar refractivity (Wildman–Crippen MR) is 69.8 cm³/mol. The van der Waals surface area contributed by atoms with Crippen LogP contribution >= 0.6 is 0 Å². The average Bonchev–Trinajstić information content (AvgIpc) is 2.37. The summed E-state index contributed by atoms with van der Waals surface area (Å²) in [6.07, 6.45) is 0. The molecule has 1 aromatic rings. The van der Waals surface area contributed by atoms with Crippen molar-refractivity contribution in [3.05, 3.63) is 47.0 Å². The SMILES string of the molecule is C=C(C)C(=O)O.O=C(O)c1cccc(C(=O)O)c1C(=O)O. The molecule has 1 rings (SSSR count). The van der Waals surface area contributed by atoms with Crippen molar-refractivity contribution < 1.29 is 39.6 Å². The zero-order chi connectivity index (χ0) is 16.7. The van der Waals surface area contributed by atoms with Crippen molar-refractivity contribution in [2.45, 2.75) is 6.92 Å². The lowest BCUT2D eigenvalue weighted by Crippen LogP contribution is -2.14. The summed E-state index contributed by atoms with van der Waals surface area (Å²) in [4.78, 5) is 41.6. The molecule has 0 aromatic heterocycles. The van der Waals surface area contributed by atoms with Crippen molar-refractivity contribution in [2.75, 3.05) is 0 Å². The van der Waals surface area contributed by atoms with E-state index in [0.717, 1.165) is 12.1 Å². The van der Waals surface area contributed by atoms with E-state index in [-0.39, 0.29) is 5.57 Å². The Morgan fingerprint density at radius 1 is 0.857 bits per heavy atom. The van der Waals surface area contributed by atoms with Crippen LogP contribution in [0, 0.1) is 0 Å². The summed E-state index contributed by atoms with van der Waals surface area (Å²) in [5.41, 5.74) is -1.61. The molecular weight excluding hydrogens is 284 g/mol. The van der Waals surface area contributed by atoms with E-state index in [4.69, 9.17) is 20.4 Å². The number of hydrogen-bond donors (Lipinski definition) is 4. The molecule has 0 heterocycles. The molecule has 0 unspecified atom stereocenters. The minimum Gasteiger partial charge on any atom is -0.478 e. The normalized spacial score (nSPS) is 9.00. The molecule has 0 atom stereocenters. The number of carboxylic acid groups (broad SMARTS) is 4. The topological polar surface area (TPSA) is 149 Å². The largest absolute Gasteiger partial charge is 0.478 e. The van der Waals surface area contributed by atoms with E-state index < -0.39 is 40.6 Å². The van der Waals surface area contributed by atoms with Crippen LogP contribution in [0.1, 0.15) is 38.0 Å². The van der Waals surface area contributed by atoms with Gasteiger partial charge in [0.05, 0.1) is 16.7 Å². The summed E-state index contributed by atoms with van der Waals surface area (Å²) in [7, 11) is 0. The maximum Gasteiger partial charge on any atom is 0.337 e. The highest BCUT2D eigenvalue weighted by atomic mass is 16.4. The molecule has 0 aliphatic rings. The molecule has 0 saturated carbocycles. The molecule has 4 N–H and O–H groups in total. The smallest absolute Gasteiger partial charge is 0.337 e. The molecule has 8 nitrogen and oxygen atoms in total. The standard InChI is InChI=1S/C9H6O6.C4H6O2/c10-7(11)4-2-1-3-5(8(12)13)6(4)9(14)15;1-3(2)4(5)6/h1-3H,(H,10,11)(H,12,13)(H,14,15);1H2,2H3,(H,5,6). The summed E-state index contributed by atoms with van der Waals surface area (Å²) >= 11 is 0. The predicted octanol–water partition coefficient (Wildman–Crippen LogP) is 1.43. The van der Waals surface area contributed by atoms with Gasteiger partial charge in [-0.2, -0.15) is 0 Å². The summed E-state index contributed by atoms with van der Waals surface area (Å²) < 4.78 is 0. The zero-order valence-corrected chi connectivity index (χ0v) is 10.9. The second-order valence-corrected chi connectivity index (χ2v) is 3.73. The molecule has 21 heavy (non-hydrogen) atoms. The van der Waals surface area contributed by atoms with Gasteiger partial charge in [-0.1, -0.05) is 12.6 Å². The fourth-order valence-corrected chi connectivity index (χ4v) is 1.14. The lowest BCUT2D eigenvalue weighted by molar-refractivity contribution is -0.132. The number of aromatic carboxylic acids is 3. The van der Waals surface area contributed by atoms with E-state index in [1.165, 1.54) is 13.0 Å². The number of rotatable bonds is 4. The number of carbonyl (C=O) groups is 4. The van der Waals surface area contributed by atoms with E-state index in [2.05, 4.69) is 6.58 Å². The molecule has 8 heteroatoms. The number of carboxylic acids is 4. The van der Waals surface area contributed by atoms with Crippen molar-refractivity contribution in [1.82, 2.24) is 0 Å². The van der Waals surface area contributed by atoms with Crippen molar-refractivity contribution in [2.24, 2.45) is 0 Å². The van der Waals surface area contributed by atoms with Crippen LogP contribution in [0.4, 0.5) is 0 Å². The van der Waals surface area contributed by atoms with E-state index >= 15 is 0 Å². The molecule has 1 aromatic carbocycles. The van der Waals surface area contributed by atoms with Gasteiger partial charge in [-0.25, -0.2) is 19.2 Å². The fourth-order valence-electron chi connectivity index (χ4n) is 1.14. The first kappa shape index (κ1) is 17.8. The first-order chi connectivity index (χ1) is 9.59. The van der Waals surface area contributed by atoms with Gasteiger partial charge in [-0.15, -0.1) is 0 Å². The van der Waals surface area contributed by atoms with Gasteiger partial charge in [-0.3, -0.25) is 0 Å². The molecule has 0 saturated heterocycles. The van der Waals surface area contributed by atoms with E-state index in [1.54, 1.807) is 0 Å². The monoisotopic (exact) mass is 296 g/mol. The quantitative estimate of drug-likeness (QED) is 0.609. The van der Waals surface area contributed by atoms with Gasteiger partial charge in [0.2, 0.25) is 0 Å². The Labute approximate surface area is 118 Å². The Kier molecular flexibility index (Phi) is 6.32. The first-order valence-electron chi connectivity index (χ1n) is 5.31. The number of aliphatic carboxylic acids is 1. The van der Waals surface area contributed by atoms with Gasteiger partial charge in [0.15, 0.2) is 0 Å². The van der Waals surface area contributed by atoms with Gasteiger partial charge in [0.25, 0.3) is 0 Å². The van der Waals surface area contributed by atoms with Gasteiger partial charge >= 0.3 is 23.9 Å². The van der Waals surface area contributed by atoms with Crippen LogP contribution in [-0.4, -0.2) is 44.3 Å². The molecule has 0 radical (unpaired) electrons. The second kappa shape index (κ2) is 7.43. The minimum absolute atomic E-state index is 0.176. The fraction of sp³-hybridized carbons (Fsp3) is 0.0769. The highest BCUT2D eigenvalue weighted by Crippen LogP contribution is 2.15. The van der Waals surface area contributed by atoms with Gasteiger partial charge in [-0.05, 0) is 19.1 Å². The lowest BCUT2D eigenvalue weighted by Gasteiger charge is -2.04. The molecule has 0 bridgehead atoms. The van der Waals surface area contributed by atoms with Gasteiger partial charge in [0.1, 0.15) is 0 Å². The van der Waals surface area contributed by atoms with Crippen LogP contribution < -0.4 is 0 Å². The lowest BCUT2D eigenvalue weighted by atomic mass is 10.0.